The van der Waals surface area contributed by atoms with E-state index in [9.17, 15) is 5.11 Å². The van der Waals surface area contributed by atoms with Gasteiger partial charge in [0, 0.05) is 11.8 Å². The highest BCUT2D eigenvalue weighted by molar-refractivity contribution is 6.34. The van der Waals surface area contributed by atoms with Crippen molar-refractivity contribution in [3.63, 3.8) is 0 Å². The molecule has 1 heterocycles. The lowest BCUT2D eigenvalue weighted by molar-refractivity contribution is 0.151. The molecule has 108 valence electrons. The molecule has 0 radical (unpaired) electrons. The van der Waals surface area contributed by atoms with Gasteiger partial charge in [-0.25, -0.2) is 0 Å². The maximum atomic E-state index is 10.4. The summed E-state index contributed by atoms with van der Waals surface area (Å²) in [4.78, 5) is 0. The van der Waals surface area contributed by atoms with Crippen LogP contribution in [0.3, 0.4) is 0 Å². The first-order chi connectivity index (χ1) is 10.2. The van der Waals surface area contributed by atoms with E-state index in [1.807, 2.05) is 42.5 Å². The summed E-state index contributed by atoms with van der Waals surface area (Å²) in [6.45, 7) is 0. The Morgan fingerprint density at radius 3 is 2.76 bits per heavy atom. The number of ether oxygens (including phenoxy) is 1. The number of halogens is 1. The number of furan rings is 1. The third-order valence-electron chi connectivity index (χ3n) is 3.45. The van der Waals surface area contributed by atoms with Crippen molar-refractivity contribution in [2.75, 3.05) is 7.11 Å². The molecular formula is C17H15ClO3. The van der Waals surface area contributed by atoms with Crippen molar-refractivity contribution in [3.8, 4) is 5.75 Å². The van der Waals surface area contributed by atoms with E-state index in [1.165, 1.54) is 0 Å². The number of fused-ring (bicyclic) bond motifs is 1. The van der Waals surface area contributed by atoms with Crippen LogP contribution in [0.1, 0.15) is 17.4 Å². The summed E-state index contributed by atoms with van der Waals surface area (Å²) in [7, 11) is 1.62. The van der Waals surface area contributed by atoms with Crippen LogP contribution in [-0.4, -0.2) is 12.2 Å². The Morgan fingerprint density at radius 2 is 2.00 bits per heavy atom. The number of benzene rings is 2. The molecule has 1 atom stereocenters. The Balaban J connectivity index is 1.90. The molecule has 0 spiro atoms. The zero-order valence-corrected chi connectivity index (χ0v) is 12.3. The van der Waals surface area contributed by atoms with E-state index in [1.54, 1.807) is 13.2 Å². The Bertz CT molecular complexity index is 764. The summed E-state index contributed by atoms with van der Waals surface area (Å²) >= 11 is 6.09. The zero-order chi connectivity index (χ0) is 14.8. The van der Waals surface area contributed by atoms with Crippen LogP contribution in [-0.2, 0) is 6.42 Å². The van der Waals surface area contributed by atoms with Gasteiger partial charge in [0.05, 0.1) is 12.1 Å². The molecule has 0 saturated heterocycles. The third kappa shape index (κ3) is 2.75. The molecule has 0 aliphatic rings. The van der Waals surface area contributed by atoms with Gasteiger partial charge in [-0.2, -0.15) is 0 Å². The molecule has 0 aliphatic carbocycles. The van der Waals surface area contributed by atoms with Crippen molar-refractivity contribution in [1.82, 2.24) is 0 Å². The van der Waals surface area contributed by atoms with Crippen molar-refractivity contribution >= 4 is 22.6 Å². The molecular weight excluding hydrogens is 288 g/mol. The molecule has 4 heteroatoms. The van der Waals surface area contributed by atoms with Gasteiger partial charge in [0.1, 0.15) is 17.6 Å². The van der Waals surface area contributed by atoms with Crippen LogP contribution < -0.4 is 4.74 Å². The number of aliphatic hydroxyl groups is 1. The normalized spacial score (nSPS) is 12.5. The van der Waals surface area contributed by atoms with E-state index in [0.29, 0.717) is 22.8 Å². The van der Waals surface area contributed by atoms with Gasteiger partial charge in [0.25, 0.3) is 0 Å². The van der Waals surface area contributed by atoms with Gasteiger partial charge in [0.15, 0.2) is 5.58 Å². The van der Waals surface area contributed by atoms with Crippen LogP contribution in [0.4, 0.5) is 0 Å². The van der Waals surface area contributed by atoms with Gasteiger partial charge in [-0.1, -0.05) is 41.9 Å². The van der Waals surface area contributed by atoms with Gasteiger partial charge in [0.2, 0.25) is 0 Å². The van der Waals surface area contributed by atoms with E-state index in [-0.39, 0.29) is 0 Å². The Labute approximate surface area is 127 Å². The molecule has 0 aliphatic heterocycles. The van der Waals surface area contributed by atoms with Crippen LogP contribution in [0, 0.1) is 0 Å². The SMILES string of the molecule is COc1ccccc1CC(O)c1cc2cccc(Cl)c2o1. The minimum absolute atomic E-state index is 0.418. The van der Waals surface area contributed by atoms with Crippen LogP contribution >= 0.6 is 11.6 Å². The molecule has 3 nitrogen and oxygen atoms in total. The minimum atomic E-state index is -0.746. The molecule has 0 fully saturated rings. The zero-order valence-electron chi connectivity index (χ0n) is 11.5. The largest absolute Gasteiger partial charge is 0.496 e. The van der Waals surface area contributed by atoms with Crippen LogP contribution in [0.5, 0.6) is 5.75 Å². The quantitative estimate of drug-likeness (QED) is 0.778. The standard InChI is InChI=1S/C17H15ClO3/c1-20-15-8-3-2-5-11(15)9-14(19)16-10-12-6-4-7-13(18)17(12)21-16/h2-8,10,14,19H,9H2,1H3. The predicted molar refractivity (Wildman–Crippen MR) is 82.9 cm³/mol. The van der Waals surface area contributed by atoms with Crippen LogP contribution in [0.25, 0.3) is 11.0 Å². The lowest BCUT2D eigenvalue weighted by Gasteiger charge is -2.11. The van der Waals surface area contributed by atoms with Crippen molar-refractivity contribution in [2.45, 2.75) is 12.5 Å². The van der Waals surface area contributed by atoms with Gasteiger partial charge in [-0.15, -0.1) is 0 Å². The molecule has 21 heavy (non-hydrogen) atoms. The summed E-state index contributed by atoms with van der Waals surface area (Å²) in [6.07, 6.45) is -0.327. The molecule has 1 aromatic heterocycles. The molecule has 0 amide bonds. The highest BCUT2D eigenvalue weighted by Gasteiger charge is 2.17. The molecule has 3 aromatic rings. The predicted octanol–water partition coefficient (Wildman–Crippen LogP) is 4.37. The smallest absolute Gasteiger partial charge is 0.152 e. The molecule has 2 aromatic carbocycles. The second-order valence-electron chi connectivity index (χ2n) is 4.84. The summed E-state index contributed by atoms with van der Waals surface area (Å²) in [6, 6.07) is 15.0. The number of hydrogen-bond donors (Lipinski definition) is 1. The fourth-order valence-electron chi connectivity index (χ4n) is 2.39. The molecule has 0 saturated carbocycles. The average molecular weight is 303 g/mol. The number of methoxy groups -OCH3 is 1. The molecule has 3 rings (SSSR count). The van der Waals surface area contributed by atoms with Crippen LogP contribution in [0.2, 0.25) is 5.02 Å². The number of hydrogen-bond acceptors (Lipinski definition) is 3. The Kier molecular flexibility index (Phi) is 3.86. The van der Waals surface area contributed by atoms with Gasteiger partial charge >= 0.3 is 0 Å². The topological polar surface area (TPSA) is 42.6 Å². The van der Waals surface area contributed by atoms with Crippen molar-refractivity contribution in [1.29, 1.82) is 0 Å². The lowest BCUT2D eigenvalue weighted by Crippen LogP contribution is -2.02. The van der Waals surface area contributed by atoms with Crippen molar-refractivity contribution in [2.24, 2.45) is 0 Å². The van der Waals surface area contributed by atoms with E-state index in [0.717, 1.165) is 16.7 Å². The summed E-state index contributed by atoms with van der Waals surface area (Å²) < 4.78 is 11.0. The number of para-hydroxylation sites is 2. The van der Waals surface area contributed by atoms with E-state index in [4.69, 9.17) is 20.8 Å². The van der Waals surface area contributed by atoms with E-state index in [2.05, 4.69) is 0 Å². The second kappa shape index (κ2) is 5.80. The van der Waals surface area contributed by atoms with Gasteiger partial charge in [-0.3, -0.25) is 0 Å². The Morgan fingerprint density at radius 1 is 1.19 bits per heavy atom. The Hall–Kier alpha value is -1.97. The summed E-state index contributed by atoms with van der Waals surface area (Å²) in [5, 5.41) is 11.8. The fraction of sp³-hybridized carbons (Fsp3) is 0.176. The molecule has 0 bridgehead atoms. The summed E-state index contributed by atoms with van der Waals surface area (Å²) in [5.74, 6) is 1.26. The highest BCUT2D eigenvalue weighted by Crippen LogP contribution is 2.31. The van der Waals surface area contributed by atoms with Crippen molar-refractivity contribution in [3.05, 3.63) is 64.9 Å². The number of aliphatic hydroxyl groups excluding tert-OH is 1. The van der Waals surface area contributed by atoms with Crippen molar-refractivity contribution < 1.29 is 14.3 Å². The summed E-state index contributed by atoms with van der Waals surface area (Å²) in [5.41, 5.74) is 1.53. The number of rotatable bonds is 4. The van der Waals surface area contributed by atoms with E-state index < -0.39 is 6.10 Å². The lowest BCUT2D eigenvalue weighted by atomic mass is 10.1. The highest BCUT2D eigenvalue weighted by atomic mass is 35.5. The maximum absolute atomic E-state index is 10.4. The minimum Gasteiger partial charge on any atom is -0.496 e. The molecule has 1 N–H and O–H groups in total. The fourth-order valence-corrected chi connectivity index (χ4v) is 2.61. The monoisotopic (exact) mass is 302 g/mol. The first-order valence-corrected chi connectivity index (χ1v) is 7.04. The third-order valence-corrected chi connectivity index (χ3v) is 3.75. The molecule has 1 unspecified atom stereocenters. The second-order valence-corrected chi connectivity index (χ2v) is 5.25. The first kappa shape index (κ1) is 14.0. The van der Waals surface area contributed by atoms with E-state index >= 15 is 0 Å². The average Bonchev–Trinajstić information content (AvgIpc) is 2.93. The van der Waals surface area contributed by atoms with Gasteiger partial charge < -0.3 is 14.3 Å². The first-order valence-electron chi connectivity index (χ1n) is 6.67. The maximum Gasteiger partial charge on any atom is 0.152 e. The van der Waals surface area contributed by atoms with Gasteiger partial charge in [-0.05, 0) is 23.8 Å². The van der Waals surface area contributed by atoms with Crippen LogP contribution in [0.15, 0.2) is 52.9 Å².